The smallest absolute Gasteiger partial charge is 0.416 e. The Morgan fingerprint density at radius 1 is 1.21 bits per heavy atom. The van der Waals surface area contributed by atoms with E-state index in [-0.39, 0.29) is 12.3 Å². The van der Waals surface area contributed by atoms with Crippen LogP contribution in [0.5, 0.6) is 5.75 Å². The van der Waals surface area contributed by atoms with Gasteiger partial charge in [-0.3, -0.25) is 4.79 Å². The third-order valence-corrected chi connectivity index (χ3v) is 3.62. The number of phenolic OH excluding ortho intramolecular Hbond substituents is 1. The summed E-state index contributed by atoms with van der Waals surface area (Å²) in [6, 6.07) is 9.51. The van der Waals surface area contributed by atoms with Crippen LogP contribution in [-0.2, 0) is 17.5 Å². The average molecular weight is 400 g/mol. The highest BCUT2D eigenvalue weighted by Gasteiger charge is 2.30. The fourth-order valence-corrected chi connectivity index (χ4v) is 2.31. The number of benzene rings is 2. The summed E-state index contributed by atoms with van der Waals surface area (Å²) in [5, 5.41) is 12.1. The molecule has 0 atom stereocenters. The predicted octanol–water partition coefficient (Wildman–Crippen LogP) is 4.50. The van der Waals surface area contributed by atoms with Crippen molar-refractivity contribution in [3.8, 4) is 5.75 Å². The van der Waals surface area contributed by atoms with E-state index in [1.54, 1.807) is 12.1 Å². The largest absolute Gasteiger partial charge is 0.507 e. The van der Waals surface area contributed by atoms with Crippen molar-refractivity contribution >= 4 is 27.9 Å². The molecule has 1 amide bonds. The zero-order valence-electron chi connectivity index (χ0n) is 12.3. The normalized spacial score (nSPS) is 11.7. The van der Waals surface area contributed by atoms with E-state index in [1.165, 1.54) is 30.4 Å². The third-order valence-electron chi connectivity index (χ3n) is 3.12. The van der Waals surface area contributed by atoms with Crippen LogP contribution in [0.3, 0.4) is 0 Å². The van der Waals surface area contributed by atoms with E-state index in [9.17, 15) is 23.1 Å². The number of alkyl halides is 3. The fourth-order valence-electron chi connectivity index (χ4n) is 1.93. The number of carbonyl (C=O) groups is 1. The molecule has 126 valence electrons. The lowest BCUT2D eigenvalue weighted by Gasteiger charge is -2.09. The van der Waals surface area contributed by atoms with Gasteiger partial charge in [-0.15, -0.1) is 0 Å². The van der Waals surface area contributed by atoms with Gasteiger partial charge in [0.25, 0.3) is 0 Å². The molecule has 0 spiro atoms. The number of hydrogen-bond acceptors (Lipinski definition) is 2. The number of rotatable bonds is 4. The molecule has 0 heterocycles. The second-order valence-corrected chi connectivity index (χ2v) is 5.87. The molecule has 0 aliphatic rings. The van der Waals surface area contributed by atoms with Crippen molar-refractivity contribution < 1.29 is 23.1 Å². The third kappa shape index (κ3) is 5.13. The van der Waals surface area contributed by atoms with Crippen LogP contribution in [0.2, 0.25) is 0 Å². The van der Waals surface area contributed by atoms with Crippen LogP contribution in [0.25, 0.3) is 6.08 Å². The maximum Gasteiger partial charge on any atom is 0.416 e. The van der Waals surface area contributed by atoms with Crippen LogP contribution in [0.1, 0.15) is 16.7 Å². The van der Waals surface area contributed by atoms with E-state index < -0.39 is 17.6 Å². The lowest BCUT2D eigenvalue weighted by molar-refractivity contribution is -0.137. The van der Waals surface area contributed by atoms with Crippen molar-refractivity contribution in [2.24, 2.45) is 0 Å². The Labute approximate surface area is 144 Å². The molecule has 24 heavy (non-hydrogen) atoms. The Kier molecular flexibility index (Phi) is 5.66. The van der Waals surface area contributed by atoms with E-state index in [4.69, 9.17) is 0 Å². The molecule has 0 saturated heterocycles. The monoisotopic (exact) mass is 399 g/mol. The Hall–Kier alpha value is -2.28. The minimum Gasteiger partial charge on any atom is -0.507 e. The summed E-state index contributed by atoms with van der Waals surface area (Å²) in [6.07, 6.45) is -1.80. The van der Waals surface area contributed by atoms with E-state index in [0.717, 1.165) is 16.6 Å². The van der Waals surface area contributed by atoms with Crippen molar-refractivity contribution in [1.82, 2.24) is 5.32 Å². The first-order valence-electron chi connectivity index (χ1n) is 6.86. The van der Waals surface area contributed by atoms with Gasteiger partial charge in [0.2, 0.25) is 5.91 Å². The molecule has 0 unspecified atom stereocenters. The van der Waals surface area contributed by atoms with Gasteiger partial charge in [0, 0.05) is 22.7 Å². The standard InChI is InChI=1S/C17H13BrF3NO2/c18-14-5-6-15(23)12(9-14)4-7-16(24)22-10-11-2-1-3-13(8-11)17(19,20)21/h1-9,23H,10H2,(H,22,24). The molecule has 0 aliphatic heterocycles. The number of nitrogens with one attached hydrogen (secondary N) is 1. The number of phenols is 1. The highest BCUT2D eigenvalue weighted by atomic mass is 79.9. The van der Waals surface area contributed by atoms with Crippen LogP contribution < -0.4 is 5.32 Å². The summed E-state index contributed by atoms with van der Waals surface area (Å²) >= 11 is 3.25. The lowest BCUT2D eigenvalue weighted by atomic mass is 10.1. The molecule has 3 nitrogen and oxygen atoms in total. The summed E-state index contributed by atoms with van der Waals surface area (Å²) in [5.41, 5.74) is 0.0271. The zero-order valence-corrected chi connectivity index (χ0v) is 13.9. The molecule has 2 aromatic rings. The molecule has 0 saturated carbocycles. The van der Waals surface area contributed by atoms with Gasteiger partial charge in [0.1, 0.15) is 5.75 Å². The van der Waals surface area contributed by atoms with E-state index >= 15 is 0 Å². The van der Waals surface area contributed by atoms with Gasteiger partial charge in [0.05, 0.1) is 5.56 Å². The van der Waals surface area contributed by atoms with Crippen LogP contribution in [0, 0.1) is 0 Å². The lowest BCUT2D eigenvalue weighted by Crippen LogP contribution is -2.20. The molecule has 7 heteroatoms. The Bertz CT molecular complexity index is 773. The molecule has 0 aromatic heterocycles. The Morgan fingerprint density at radius 2 is 1.96 bits per heavy atom. The van der Waals surface area contributed by atoms with Gasteiger partial charge >= 0.3 is 6.18 Å². The summed E-state index contributed by atoms with van der Waals surface area (Å²) in [7, 11) is 0. The molecule has 0 fully saturated rings. The molecule has 0 aliphatic carbocycles. The molecule has 2 N–H and O–H groups in total. The first-order valence-corrected chi connectivity index (χ1v) is 7.65. The number of hydrogen-bond donors (Lipinski definition) is 2. The Morgan fingerprint density at radius 3 is 2.67 bits per heavy atom. The van der Waals surface area contributed by atoms with Crippen molar-refractivity contribution in [1.29, 1.82) is 0 Å². The molecular weight excluding hydrogens is 387 g/mol. The van der Waals surface area contributed by atoms with Crippen LogP contribution in [0.15, 0.2) is 53.0 Å². The Balaban J connectivity index is 1.98. The van der Waals surface area contributed by atoms with Gasteiger partial charge in [0.15, 0.2) is 0 Å². The number of carbonyl (C=O) groups excluding carboxylic acids is 1. The summed E-state index contributed by atoms with van der Waals surface area (Å²) < 4.78 is 38.6. The number of halogens is 4. The SMILES string of the molecule is O=C(C=Cc1cc(Br)ccc1O)NCc1cccc(C(F)(F)F)c1. The molecule has 2 rings (SSSR count). The van der Waals surface area contributed by atoms with Crippen molar-refractivity contribution in [2.45, 2.75) is 12.7 Å². The van der Waals surface area contributed by atoms with Gasteiger partial charge < -0.3 is 10.4 Å². The minimum absolute atomic E-state index is 0.0140. The van der Waals surface area contributed by atoms with Gasteiger partial charge in [-0.25, -0.2) is 0 Å². The quantitative estimate of drug-likeness (QED) is 0.743. The molecule has 2 aromatic carbocycles. The second-order valence-electron chi connectivity index (χ2n) is 4.95. The highest BCUT2D eigenvalue weighted by Crippen LogP contribution is 2.29. The number of amides is 1. The van der Waals surface area contributed by atoms with E-state index in [2.05, 4.69) is 21.2 Å². The van der Waals surface area contributed by atoms with Gasteiger partial charge in [-0.2, -0.15) is 13.2 Å². The summed E-state index contributed by atoms with van der Waals surface area (Å²) in [4.78, 5) is 11.8. The average Bonchev–Trinajstić information content (AvgIpc) is 2.53. The molecular formula is C17H13BrF3NO2. The number of aromatic hydroxyl groups is 1. The highest BCUT2D eigenvalue weighted by molar-refractivity contribution is 9.10. The van der Waals surface area contributed by atoms with Gasteiger partial charge in [-0.1, -0.05) is 28.1 Å². The van der Waals surface area contributed by atoms with E-state index in [1.807, 2.05) is 0 Å². The van der Waals surface area contributed by atoms with Crippen molar-refractivity contribution in [3.05, 3.63) is 69.7 Å². The van der Waals surface area contributed by atoms with E-state index in [0.29, 0.717) is 11.1 Å². The first-order chi connectivity index (χ1) is 11.3. The van der Waals surface area contributed by atoms with Crippen molar-refractivity contribution in [2.75, 3.05) is 0 Å². The second kappa shape index (κ2) is 7.53. The molecule has 0 bridgehead atoms. The maximum atomic E-state index is 12.6. The van der Waals surface area contributed by atoms with Crippen molar-refractivity contribution in [3.63, 3.8) is 0 Å². The summed E-state index contributed by atoms with van der Waals surface area (Å²) in [5.74, 6) is -0.466. The predicted molar refractivity (Wildman–Crippen MR) is 88.1 cm³/mol. The zero-order chi connectivity index (χ0) is 17.7. The van der Waals surface area contributed by atoms with Crippen LogP contribution >= 0.6 is 15.9 Å². The topological polar surface area (TPSA) is 49.3 Å². The summed E-state index contributed by atoms with van der Waals surface area (Å²) in [6.45, 7) is -0.0302. The van der Waals surface area contributed by atoms with Gasteiger partial charge in [-0.05, 0) is 42.0 Å². The van der Waals surface area contributed by atoms with Crippen LogP contribution in [-0.4, -0.2) is 11.0 Å². The minimum atomic E-state index is -4.42. The maximum absolute atomic E-state index is 12.6. The fraction of sp³-hybridized carbons (Fsp3) is 0.118. The van der Waals surface area contributed by atoms with Crippen LogP contribution in [0.4, 0.5) is 13.2 Å². The first kappa shape index (κ1) is 18.1. The molecule has 0 radical (unpaired) electrons.